The molecular formula is C36H43O25+. The van der Waals surface area contributed by atoms with Gasteiger partial charge in [-0.05, 0) is 0 Å². The van der Waals surface area contributed by atoms with Crippen LogP contribution in [0.4, 0.5) is 0 Å². The predicted molar refractivity (Wildman–Crippen MR) is 190 cm³/mol. The Kier molecular flexibility index (Phi) is 13.9. The molecule has 25 nitrogen and oxygen atoms in total. The number of aliphatic hydroxyl groups is 11. The van der Waals surface area contributed by atoms with Crippen LogP contribution >= 0.6 is 0 Å². The van der Waals surface area contributed by atoms with Crippen LogP contribution in [-0.4, -0.2) is 200 Å². The molecule has 0 saturated carbocycles. The van der Waals surface area contributed by atoms with E-state index in [1.165, 1.54) is 0 Å². The van der Waals surface area contributed by atoms with Gasteiger partial charge < -0.3 is 110 Å². The van der Waals surface area contributed by atoms with Crippen LogP contribution in [0.15, 0.2) is 34.7 Å². The summed E-state index contributed by atoms with van der Waals surface area (Å²) in [5, 5.41) is 156. The summed E-state index contributed by atoms with van der Waals surface area (Å²) < 4.78 is 44.6. The molecule has 2 aromatic carbocycles. The summed E-state index contributed by atoms with van der Waals surface area (Å²) in [6.45, 7) is -2.61. The molecule has 0 aliphatic carbocycles. The van der Waals surface area contributed by atoms with Gasteiger partial charge >= 0.3 is 23.3 Å². The van der Waals surface area contributed by atoms with E-state index in [4.69, 9.17) is 42.7 Å². The van der Waals surface area contributed by atoms with Crippen molar-refractivity contribution in [1.82, 2.24) is 0 Å². The van der Waals surface area contributed by atoms with Crippen LogP contribution in [0.25, 0.3) is 22.3 Å². The van der Waals surface area contributed by atoms with Gasteiger partial charge in [0.2, 0.25) is 30.4 Å². The van der Waals surface area contributed by atoms with E-state index in [1.54, 1.807) is 0 Å². The number of carbonyl (C=O) groups is 2. The van der Waals surface area contributed by atoms with Gasteiger partial charge in [0.25, 0.3) is 0 Å². The second-order valence-electron chi connectivity index (χ2n) is 14.2. The number of benzene rings is 2. The normalized spacial score (nSPS) is 34.1. The van der Waals surface area contributed by atoms with Crippen molar-refractivity contribution in [2.45, 2.75) is 98.5 Å². The number of ether oxygens (including phenoxy) is 7. The van der Waals surface area contributed by atoms with Crippen LogP contribution in [0.1, 0.15) is 6.42 Å². The highest BCUT2D eigenvalue weighted by Gasteiger charge is 2.49. The molecule has 0 spiro atoms. The Balaban J connectivity index is 1.46. The Morgan fingerprint density at radius 2 is 1.05 bits per heavy atom. The zero-order chi connectivity index (χ0) is 44.6. The minimum absolute atomic E-state index is 0.170. The molecule has 6 rings (SSSR count). The highest BCUT2D eigenvalue weighted by Crippen LogP contribution is 2.47. The maximum absolute atomic E-state index is 11.9. The summed E-state index contributed by atoms with van der Waals surface area (Å²) in [7, 11) is 0. The van der Waals surface area contributed by atoms with Crippen molar-refractivity contribution in [2.75, 3.05) is 19.8 Å². The maximum Gasteiger partial charge on any atom is 0.402 e. The third-order valence-corrected chi connectivity index (χ3v) is 9.92. The Hall–Kier alpha value is -4.97. The summed E-state index contributed by atoms with van der Waals surface area (Å²) in [6.07, 6.45) is -29.4. The van der Waals surface area contributed by atoms with Crippen LogP contribution in [-0.2, 0) is 28.5 Å². The number of rotatable bonds is 13. The maximum atomic E-state index is 11.9. The monoisotopic (exact) mass is 875 g/mol. The fourth-order valence-corrected chi connectivity index (χ4v) is 6.57. The lowest BCUT2D eigenvalue weighted by Crippen LogP contribution is -2.60. The largest absolute Gasteiger partial charge is 0.507 e. The van der Waals surface area contributed by atoms with Crippen LogP contribution in [0.2, 0.25) is 0 Å². The Morgan fingerprint density at radius 3 is 1.52 bits per heavy atom. The molecule has 0 radical (unpaired) electrons. The number of phenolic OH excluding ortho intramolecular Hbond substituents is 3. The molecule has 0 bridgehead atoms. The molecule has 3 aliphatic heterocycles. The number of carbonyl (C=O) groups excluding carboxylic acids is 1. The van der Waals surface area contributed by atoms with Gasteiger partial charge in [0.1, 0.15) is 103 Å². The first-order chi connectivity index (χ1) is 28.8. The molecule has 3 aromatic rings. The number of carboxylic acids is 1. The number of hydrogen-bond donors (Lipinski definition) is 15. The average molecular weight is 876 g/mol. The standard InChI is InChI=1S/C36H42O25/c37-7-18-24(45)27(48)30(51)34(59-18)56-15-1-10(2-16(23(15)44)57-35-31(52)28(49)25(46)19(8-38)60-35)33-17(5-12-13(40)3-11(39)4-14(12)55-33)58-36-32(53)29(50)26(47)20(61-36)9-54-22(43)6-21(41)42/h1-5,18-20,24-32,34-38,45-53H,6-9H2,(H3-,39,40,41,42,44)/p+1/t18-,19-,20-,24-,25-,26-,27+,28+,29+,30-,31-,32-,34-,35-,36-/m1/s1. The number of carboxylic acid groups (broad SMARTS) is 1. The molecule has 0 unspecified atom stereocenters. The van der Waals surface area contributed by atoms with Crippen molar-refractivity contribution < 1.29 is 124 Å². The lowest BCUT2D eigenvalue weighted by molar-refractivity contribution is -0.279. The van der Waals surface area contributed by atoms with E-state index in [2.05, 4.69) is 0 Å². The smallest absolute Gasteiger partial charge is 0.402 e. The first kappa shape index (κ1) is 45.6. The lowest BCUT2D eigenvalue weighted by atomic mass is 9.99. The molecule has 4 heterocycles. The summed E-state index contributed by atoms with van der Waals surface area (Å²) >= 11 is 0. The number of fused-ring (bicyclic) bond motifs is 1. The Bertz CT molecular complexity index is 1980. The van der Waals surface area contributed by atoms with E-state index >= 15 is 0 Å². The Labute approximate surface area is 341 Å². The minimum Gasteiger partial charge on any atom is -0.507 e. The predicted octanol–water partition coefficient (Wildman–Crippen LogP) is -4.94. The summed E-state index contributed by atoms with van der Waals surface area (Å²) in [5.41, 5.74) is -0.591. The number of hydrogen-bond acceptors (Lipinski definition) is 23. The van der Waals surface area contributed by atoms with Crippen molar-refractivity contribution in [1.29, 1.82) is 0 Å². The third-order valence-electron chi connectivity index (χ3n) is 9.92. The second-order valence-corrected chi connectivity index (χ2v) is 14.2. The number of esters is 1. The molecule has 15 atom stereocenters. The minimum atomic E-state index is -2.09. The molecule has 15 N–H and O–H groups in total. The van der Waals surface area contributed by atoms with Gasteiger partial charge in [0.05, 0.1) is 24.8 Å². The molecule has 0 amide bonds. The zero-order valence-electron chi connectivity index (χ0n) is 31.2. The van der Waals surface area contributed by atoms with E-state index in [1.807, 2.05) is 0 Å². The van der Waals surface area contributed by atoms with E-state index in [0.717, 1.165) is 30.3 Å². The van der Waals surface area contributed by atoms with Crippen LogP contribution in [0.3, 0.4) is 0 Å². The summed E-state index contributed by atoms with van der Waals surface area (Å²) in [5.74, 6) is -7.35. The first-order valence-electron chi connectivity index (χ1n) is 18.2. The van der Waals surface area contributed by atoms with Crippen LogP contribution < -0.4 is 14.2 Å². The highest BCUT2D eigenvalue weighted by atomic mass is 16.7. The van der Waals surface area contributed by atoms with Crippen LogP contribution in [0, 0.1) is 0 Å². The van der Waals surface area contributed by atoms with E-state index in [-0.39, 0.29) is 16.5 Å². The van der Waals surface area contributed by atoms with Gasteiger partial charge in [-0.1, -0.05) is 0 Å². The van der Waals surface area contributed by atoms with Gasteiger partial charge in [0.15, 0.2) is 11.5 Å². The highest BCUT2D eigenvalue weighted by molar-refractivity contribution is 5.90. The molecule has 3 saturated heterocycles. The van der Waals surface area contributed by atoms with Crippen molar-refractivity contribution >= 4 is 22.9 Å². The Morgan fingerprint density at radius 1 is 0.590 bits per heavy atom. The summed E-state index contributed by atoms with van der Waals surface area (Å²) in [6, 6.07) is 4.93. The van der Waals surface area contributed by atoms with Crippen LogP contribution in [0.5, 0.6) is 34.5 Å². The average Bonchev–Trinajstić information content (AvgIpc) is 3.21. The van der Waals surface area contributed by atoms with Crippen molar-refractivity contribution in [2.24, 2.45) is 0 Å². The molecule has 3 fully saturated rings. The van der Waals surface area contributed by atoms with Gasteiger partial charge in [-0.3, -0.25) is 9.59 Å². The van der Waals surface area contributed by atoms with Crippen molar-refractivity contribution in [3.05, 3.63) is 30.3 Å². The number of aliphatic hydroxyl groups excluding tert-OH is 11. The fourth-order valence-electron chi connectivity index (χ4n) is 6.57. The van der Waals surface area contributed by atoms with Gasteiger partial charge in [-0.25, -0.2) is 4.42 Å². The fraction of sp³-hybridized carbons (Fsp3) is 0.528. The molecule has 1 aromatic heterocycles. The molecule has 25 heteroatoms. The first-order valence-corrected chi connectivity index (χ1v) is 18.2. The van der Waals surface area contributed by atoms with Crippen molar-refractivity contribution in [3.8, 4) is 45.8 Å². The molecular weight excluding hydrogens is 832 g/mol. The zero-order valence-corrected chi connectivity index (χ0v) is 31.2. The van der Waals surface area contributed by atoms with E-state index < -0.39 is 171 Å². The third kappa shape index (κ3) is 9.44. The van der Waals surface area contributed by atoms with Gasteiger partial charge in [0, 0.05) is 24.3 Å². The van der Waals surface area contributed by atoms with E-state index in [0.29, 0.717) is 0 Å². The van der Waals surface area contributed by atoms with E-state index in [9.17, 15) is 81.1 Å². The number of aromatic hydroxyl groups is 3. The lowest BCUT2D eigenvalue weighted by Gasteiger charge is -2.40. The number of phenols is 3. The molecule has 3 aliphatic rings. The van der Waals surface area contributed by atoms with Gasteiger partial charge in [-0.15, -0.1) is 0 Å². The number of aliphatic carboxylic acids is 1. The second kappa shape index (κ2) is 18.6. The molecule has 336 valence electrons. The topological polar surface area (TPSA) is 414 Å². The quantitative estimate of drug-likeness (QED) is 0.0434. The SMILES string of the molecule is O=C(O)CC(=O)OC[C@H]1O[C@@H](Oc2cc3c(O)cc(O)cc3[o+]c2-c2cc(O[C@@H]3O[C@H](CO)[C@@H](O)[C@H](O)[C@H]3O)c(O)c(O[C@@H]3O[C@H](CO)[C@@H](O)[C@H](O)[C@H]3O)c2)[C@H](O)[C@@H](O)[C@@H]1O. The molecule has 61 heavy (non-hydrogen) atoms. The summed E-state index contributed by atoms with van der Waals surface area (Å²) in [4.78, 5) is 22.8. The van der Waals surface area contributed by atoms with Crippen molar-refractivity contribution in [3.63, 3.8) is 0 Å². The van der Waals surface area contributed by atoms with Gasteiger partial charge in [-0.2, -0.15) is 0 Å².